The van der Waals surface area contributed by atoms with Gasteiger partial charge in [0.2, 0.25) is 0 Å². The van der Waals surface area contributed by atoms with E-state index in [2.05, 4.69) is 25.8 Å². The Morgan fingerprint density at radius 2 is 1.96 bits per heavy atom. The molecule has 0 amide bonds. The fraction of sp³-hybridized carbons (Fsp3) is 0.350. The van der Waals surface area contributed by atoms with Gasteiger partial charge in [-0.25, -0.2) is 9.37 Å². The van der Waals surface area contributed by atoms with Crippen LogP contribution >= 0.6 is 0 Å². The van der Waals surface area contributed by atoms with Crippen molar-refractivity contribution in [1.82, 2.24) is 14.9 Å². The average Bonchev–Trinajstić information content (AvgIpc) is 3.05. The second kappa shape index (κ2) is 7.23. The monoisotopic (exact) mass is 338 g/mol. The van der Waals surface area contributed by atoms with Gasteiger partial charge in [-0.05, 0) is 55.3 Å². The normalized spacial score (nSPS) is 15.8. The van der Waals surface area contributed by atoms with Gasteiger partial charge in [-0.15, -0.1) is 0 Å². The summed E-state index contributed by atoms with van der Waals surface area (Å²) in [5.41, 5.74) is 2.22. The van der Waals surface area contributed by atoms with Crippen LogP contribution in [0.5, 0.6) is 0 Å². The van der Waals surface area contributed by atoms with Crippen LogP contribution in [-0.2, 0) is 6.42 Å². The topological polar surface area (TPSA) is 35.2 Å². The van der Waals surface area contributed by atoms with Crippen LogP contribution in [0.4, 0.5) is 10.2 Å². The lowest BCUT2D eigenvalue weighted by Crippen LogP contribution is -2.46. The van der Waals surface area contributed by atoms with E-state index in [9.17, 15) is 4.39 Å². The van der Waals surface area contributed by atoms with E-state index in [0.717, 1.165) is 62.3 Å². The van der Waals surface area contributed by atoms with Crippen molar-refractivity contribution in [2.75, 3.05) is 37.6 Å². The number of pyridine rings is 1. The molecular formula is C20H23FN4. The molecule has 1 saturated heterocycles. The molecule has 0 unspecified atom stereocenters. The molecule has 1 aliphatic heterocycles. The number of piperazine rings is 1. The zero-order valence-electron chi connectivity index (χ0n) is 14.3. The van der Waals surface area contributed by atoms with E-state index in [0.29, 0.717) is 0 Å². The molecule has 1 aliphatic rings. The third-order valence-corrected chi connectivity index (χ3v) is 5.00. The van der Waals surface area contributed by atoms with E-state index in [-0.39, 0.29) is 5.82 Å². The molecule has 0 aliphatic carbocycles. The Hall–Kier alpha value is -2.40. The predicted octanol–water partition coefficient (Wildman–Crippen LogP) is 3.46. The van der Waals surface area contributed by atoms with E-state index >= 15 is 0 Å². The highest BCUT2D eigenvalue weighted by atomic mass is 19.1. The molecule has 4 rings (SSSR count). The lowest BCUT2D eigenvalue weighted by Gasteiger charge is -2.35. The minimum absolute atomic E-state index is 0.168. The van der Waals surface area contributed by atoms with Crippen LogP contribution in [0.25, 0.3) is 10.9 Å². The van der Waals surface area contributed by atoms with Crippen LogP contribution in [0.15, 0.2) is 48.8 Å². The Morgan fingerprint density at radius 1 is 1.08 bits per heavy atom. The summed E-state index contributed by atoms with van der Waals surface area (Å²) in [6.45, 7) is 5.26. The highest BCUT2D eigenvalue weighted by Crippen LogP contribution is 2.21. The van der Waals surface area contributed by atoms with Crippen molar-refractivity contribution in [3.8, 4) is 0 Å². The zero-order chi connectivity index (χ0) is 17.1. The molecule has 5 heteroatoms. The van der Waals surface area contributed by atoms with Crippen molar-refractivity contribution in [1.29, 1.82) is 0 Å². The molecule has 0 radical (unpaired) electrons. The predicted molar refractivity (Wildman–Crippen MR) is 99.5 cm³/mol. The highest BCUT2D eigenvalue weighted by Gasteiger charge is 2.17. The molecule has 3 heterocycles. The van der Waals surface area contributed by atoms with Gasteiger partial charge in [0.05, 0.1) is 0 Å². The lowest BCUT2D eigenvalue weighted by atomic mass is 10.1. The van der Waals surface area contributed by atoms with Crippen LogP contribution in [0, 0.1) is 5.82 Å². The Bertz CT molecular complexity index is 822. The van der Waals surface area contributed by atoms with Crippen molar-refractivity contribution in [2.24, 2.45) is 0 Å². The van der Waals surface area contributed by atoms with Crippen LogP contribution in [-0.4, -0.2) is 47.6 Å². The molecule has 4 nitrogen and oxygen atoms in total. The first kappa shape index (κ1) is 16.1. The summed E-state index contributed by atoms with van der Waals surface area (Å²) in [5, 5.41) is 1.01. The quantitative estimate of drug-likeness (QED) is 0.774. The SMILES string of the molecule is Fc1ccc2[nH]cc(CCCN3CCN(c4ccccn4)CC3)c2c1. The number of H-pyrrole nitrogens is 1. The van der Waals surface area contributed by atoms with Gasteiger partial charge in [0.1, 0.15) is 11.6 Å². The van der Waals surface area contributed by atoms with E-state index in [1.165, 1.54) is 11.6 Å². The third-order valence-electron chi connectivity index (χ3n) is 5.00. The first-order valence-corrected chi connectivity index (χ1v) is 8.93. The first-order chi connectivity index (χ1) is 12.3. The van der Waals surface area contributed by atoms with Crippen molar-refractivity contribution in [2.45, 2.75) is 12.8 Å². The van der Waals surface area contributed by atoms with Gasteiger partial charge >= 0.3 is 0 Å². The molecule has 1 aromatic carbocycles. The van der Waals surface area contributed by atoms with Crippen LogP contribution in [0.1, 0.15) is 12.0 Å². The van der Waals surface area contributed by atoms with E-state index < -0.39 is 0 Å². The number of aryl methyl sites for hydroxylation is 1. The summed E-state index contributed by atoms with van der Waals surface area (Å²) >= 11 is 0. The summed E-state index contributed by atoms with van der Waals surface area (Å²) in [5.74, 6) is 0.905. The number of benzene rings is 1. The van der Waals surface area contributed by atoms with Gasteiger partial charge < -0.3 is 9.88 Å². The van der Waals surface area contributed by atoms with Crippen molar-refractivity contribution in [3.63, 3.8) is 0 Å². The van der Waals surface area contributed by atoms with E-state index in [1.54, 1.807) is 6.07 Å². The Balaban J connectivity index is 1.27. The van der Waals surface area contributed by atoms with Gasteiger partial charge in [-0.3, -0.25) is 4.90 Å². The van der Waals surface area contributed by atoms with E-state index in [1.807, 2.05) is 30.6 Å². The fourth-order valence-electron chi connectivity index (χ4n) is 3.59. The number of nitrogens with one attached hydrogen (secondary N) is 1. The summed E-state index contributed by atoms with van der Waals surface area (Å²) in [6, 6.07) is 11.0. The van der Waals surface area contributed by atoms with Gasteiger partial charge in [-0.2, -0.15) is 0 Å². The summed E-state index contributed by atoms with van der Waals surface area (Å²) < 4.78 is 13.5. The van der Waals surface area contributed by atoms with Crippen LogP contribution in [0.2, 0.25) is 0 Å². The van der Waals surface area contributed by atoms with Crippen LogP contribution < -0.4 is 4.90 Å². The Labute approximate surface area is 147 Å². The Morgan fingerprint density at radius 3 is 2.76 bits per heavy atom. The molecule has 25 heavy (non-hydrogen) atoms. The maximum Gasteiger partial charge on any atom is 0.128 e. The molecule has 1 fully saturated rings. The van der Waals surface area contributed by atoms with Crippen molar-refractivity contribution in [3.05, 3.63) is 60.2 Å². The van der Waals surface area contributed by atoms with Gasteiger partial charge in [-0.1, -0.05) is 6.07 Å². The van der Waals surface area contributed by atoms with Gasteiger partial charge in [0.25, 0.3) is 0 Å². The Kier molecular flexibility index (Phi) is 4.65. The van der Waals surface area contributed by atoms with E-state index in [4.69, 9.17) is 0 Å². The summed E-state index contributed by atoms with van der Waals surface area (Å²) in [4.78, 5) is 12.5. The lowest BCUT2D eigenvalue weighted by molar-refractivity contribution is 0.254. The van der Waals surface area contributed by atoms with Crippen molar-refractivity contribution >= 4 is 16.7 Å². The number of fused-ring (bicyclic) bond motifs is 1. The second-order valence-corrected chi connectivity index (χ2v) is 6.62. The molecule has 0 bridgehead atoms. The van der Waals surface area contributed by atoms with Crippen molar-refractivity contribution < 1.29 is 4.39 Å². The average molecular weight is 338 g/mol. The number of aromatic amines is 1. The number of halogens is 1. The number of rotatable bonds is 5. The summed E-state index contributed by atoms with van der Waals surface area (Å²) in [6.07, 6.45) is 5.94. The maximum atomic E-state index is 13.5. The molecule has 0 saturated carbocycles. The van der Waals surface area contributed by atoms with Gasteiger partial charge in [0, 0.05) is 49.5 Å². The number of hydrogen-bond acceptors (Lipinski definition) is 3. The standard InChI is InChI=1S/C20H23FN4/c21-17-6-7-19-18(14-17)16(15-23-19)4-3-9-24-10-12-25(13-11-24)20-5-1-2-8-22-20/h1-2,5-8,14-15,23H,3-4,9-13H2. The minimum atomic E-state index is -0.168. The first-order valence-electron chi connectivity index (χ1n) is 8.93. The number of anilines is 1. The highest BCUT2D eigenvalue weighted by molar-refractivity contribution is 5.83. The molecule has 1 N–H and O–H groups in total. The smallest absolute Gasteiger partial charge is 0.128 e. The maximum absolute atomic E-state index is 13.5. The number of aromatic nitrogens is 2. The minimum Gasteiger partial charge on any atom is -0.361 e. The van der Waals surface area contributed by atoms with Crippen LogP contribution in [0.3, 0.4) is 0 Å². The zero-order valence-corrected chi connectivity index (χ0v) is 14.3. The summed E-state index contributed by atoms with van der Waals surface area (Å²) in [7, 11) is 0. The second-order valence-electron chi connectivity index (χ2n) is 6.62. The molecule has 0 atom stereocenters. The number of hydrogen-bond donors (Lipinski definition) is 1. The fourth-order valence-corrected chi connectivity index (χ4v) is 3.59. The number of nitrogens with zero attached hydrogens (tertiary/aromatic N) is 3. The third kappa shape index (κ3) is 3.66. The molecule has 3 aromatic rings. The molecule has 0 spiro atoms. The molecular weight excluding hydrogens is 315 g/mol. The molecule has 2 aromatic heterocycles. The van der Waals surface area contributed by atoms with Gasteiger partial charge in [0.15, 0.2) is 0 Å². The molecule has 130 valence electrons. The largest absolute Gasteiger partial charge is 0.361 e.